The number of benzene rings is 1. The number of ether oxygens (including phenoxy) is 1. The standard InChI is InChI=1S/C20H18FN7O/c21-17-3-4-18-14(5-6-29-18)16(17)9-23-20-22-8-15(19-26-24-11-27(19)20)12-7-25-28(10-12)13-1-2-13/h3-4,7-8,10-11,13H,1-2,5-6,9H2,(H,22,23). The van der Waals surface area contributed by atoms with E-state index in [4.69, 9.17) is 4.74 Å². The third kappa shape index (κ3) is 2.72. The zero-order valence-corrected chi connectivity index (χ0v) is 15.5. The number of anilines is 1. The average molecular weight is 391 g/mol. The molecular weight excluding hydrogens is 373 g/mol. The fourth-order valence-corrected chi connectivity index (χ4v) is 3.84. The number of fused-ring (bicyclic) bond motifs is 2. The van der Waals surface area contributed by atoms with Crippen LogP contribution < -0.4 is 10.1 Å². The van der Waals surface area contributed by atoms with Crippen molar-refractivity contribution in [1.82, 2.24) is 29.4 Å². The van der Waals surface area contributed by atoms with Gasteiger partial charge in [-0.25, -0.2) is 9.37 Å². The van der Waals surface area contributed by atoms with E-state index in [1.165, 1.54) is 18.9 Å². The Bertz CT molecular complexity index is 1230. The predicted octanol–water partition coefficient (Wildman–Crippen LogP) is 3.01. The topological polar surface area (TPSA) is 82.2 Å². The van der Waals surface area contributed by atoms with Crippen LogP contribution in [0.15, 0.2) is 37.1 Å². The SMILES string of the molecule is Fc1ccc2c(c1CNc1ncc(-c3cnn(C4CC4)c3)c3nncn13)CCO2. The average Bonchev–Trinajstić information content (AvgIpc) is 3.15. The van der Waals surface area contributed by atoms with E-state index in [1.807, 2.05) is 17.1 Å². The second-order valence-electron chi connectivity index (χ2n) is 7.41. The van der Waals surface area contributed by atoms with Crippen molar-refractivity contribution in [2.24, 2.45) is 0 Å². The lowest BCUT2D eigenvalue weighted by atomic mass is 10.0. The van der Waals surface area contributed by atoms with E-state index in [0.717, 1.165) is 22.4 Å². The number of rotatable bonds is 5. The van der Waals surface area contributed by atoms with Gasteiger partial charge in [0, 0.05) is 47.6 Å². The van der Waals surface area contributed by atoms with Gasteiger partial charge in [-0.15, -0.1) is 10.2 Å². The van der Waals surface area contributed by atoms with E-state index >= 15 is 0 Å². The molecule has 29 heavy (non-hydrogen) atoms. The molecule has 146 valence electrons. The van der Waals surface area contributed by atoms with Crippen LogP contribution in [-0.4, -0.2) is 36.0 Å². The van der Waals surface area contributed by atoms with E-state index in [9.17, 15) is 4.39 Å². The molecule has 0 unspecified atom stereocenters. The smallest absolute Gasteiger partial charge is 0.210 e. The highest BCUT2D eigenvalue weighted by Crippen LogP contribution is 2.36. The zero-order chi connectivity index (χ0) is 19.4. The zero-order valence-electron chi connectivity index (χ0n) is 15.5. The van der Waals surface area contributed by atoms with Crippen LogP contribution in [0.2, 0.25) is 0 Å². The van der Waals surface area contributed by atoms with Gasteiger partial charge in [0.2, 0.25) is 5.95 Å². The monoisotopic (exact) mass is 391 g/mol. The molecule has 6 rings (SSSR count). The van der Waals surface area contributed by atoms with Gasteiger partial charge in [0.05, 0.1) is 18.8 Å². The van der Waals surface area contributed by atoms with Crippen molar-refractivity contribution >= 4 is 11.6 Å². The summed E-state index contributed by atoms with van der Waals surface area (Å²) in [4.78, 5) is 4.54. The fourth-order valence-electron chi connectivity index (χ4n) is 3.84. The number of hydrogen-bond acceptors (Lipinski definition) is 6. The van der Waals surface area contributed by atoms with E-state index < -0.39 is 0 Å². The lowest BCUT2D eigenvalue weighted by Gasteiger charge is -2.12. The van der Waals surface area contributed by atoms with Gasteiger partial charge in [0.1, 0.15) is 17.9 Å². The number of hydrogen-bond donors (Lipinski definition) is 1. The third-order valence-electron chi connectivity index (χ3n) is 5.53. The highest BCUT2D eigenvalue weighted by Gasteiger charge is 2.25. The molecule has 9 heteroatoms. The first kappa shape index (κ1) is 16.5. The van der Waals surface area contributed by atoms with Gasteiger partial charge >= 0.3 is 0 Å². The molecule has 1 aliphatic heterocycles. The maximum atomic E-state index is 14.4. The molecule has 0 bridgehead atoms. The van der Waals surface area contributed by atoms with Gasteiger partial charge < -0.3 is 10.1 Å². The number of nitrogens with zero attached hydrogens (tertiary/aromatic N) is 6. The molecule has 0 radical (unpaired) electrons. The molecule has 4 heterocycles. The van der Waals surface area contributed by atoms with Crippen molar-refractivity contribution in [2.75, 3.05) is 11.9 Å². The fraction of sp³-hybridized carbons (Fsp3) is 0.300. The molecule has 1 N–H and O–H groups in total. The molecule has 8 nitrogen and oxygen atoms in total. The largest absolute Gasteiger partial charge is 0.493 e. The third-order valence-corrected chi connectivity index (χ3v) is 5.53. The van der Waals surface area contributed by atoms with E-state index in [-0.39, 0.29) is 5.82 Å². The Morgan fingerprint density at radius 2 is 2.17 bits per heavy atom. The summed E-state index contributed by atoms with van der Waals surface area (Å²) in [5.74, 6) is 1.07. The predicted molar refractivity (Wildman–Crippen MR) is 103 cm³/mol. The summed E-state index contributed by atoms with van der Waals surface area (Å²) in [6.07, 6.45) is 10.3. The Balaban J connectivity index is 1.32. The highest BCUT2D eigenvalue weighted by atomic mass is 19.1. The van der Waals surface area contributed by atoms with E-state index in [0.29, 0.717) is 42.8 Å². The maximum absolute atomic E-state index is 14.4. The van der Waals surface area contributed by atoms with Gasteiger partial charge in [-0.2, -0.15) is 5.10 Å². The first-order valence-corrected chi connectivity index (χ1v) is 9.68. The Morgan fingerprint density at radius 1 is 1.24 bits per heavy atom. The van der Waals surface area contributed by atoms with E-state index in [2.05, 4.69) is 25.6 Å². The molecular formula is C20H18FN7O. The van der Waals surface area contributed by atoms with Gasteiger partial charge in [0.15, 0.2) is 5.65 Å². The normalized spacial score (nSPS) is 15.5. The number of halogens is 1. The van der Waals surface area contributed by atoms with Crippen LogP contribution in [0.1, 0.15) is 30.0 Å². The summed E-state index contributed by atoms with van der Waals surface area (Å²) >= 11 is 0. The minimum atomic E-state index is -0.245. The first-order valence-electron chi connectivity index (χ1n) is 9.68. The first-order chi connectivity index (χ1) is 14.3. The summed E-state index contributed by atoms with van der Waals surface area (Å²) < 4.78 is 23.7. The molecule has 4 aromatic rings. The van der Waals surface area contributed by atoms with Crippen molar-refractivity contribution in [3.8, 4) is 16.9 Å². The van der Waals surface area contributed by atoms with Gasteiger partial charge in [-0.05, 0) is 25.0 Å². The van der Waals surface area contributed by atoms with Gasteiger partial charge in [-0.1, -0.05) is 0 Å². The van der Waals surface area contributed by atoms with Crippen LogP contribution in [0.25, 0.3) is 16.8 Å². The van der Waals surface area contributed by atoms with Crippen molar-refractivity contribution in [3.05, 3.63) is 54.0 Å². The van der Waals surface area contributed by atoms with Gasteiger partial charge in [0.25, 0.3) is 0 Å². The lowest BCUT2D eigenvalue weighted by Crippen LogP contribution is -2.09. The number of nitrogens with one attached hydrogen (secondary N) is 1. The highest BCUT2D eigenvalue weighted by molar-refractivity contribution is 5.76. The Labute approximate surface area is 165 Å². The van der Waals surface area contributed by atoms with Crippen LogP contribution in [0.4, 0.5) is 10.3 Å². The van der Waals surface area contributed by atoms with Crippen molar-refractivity contribution < 1.29 is 9.13 Å². The molecule has 1 saturated carbocycles. The molecule has 0 saturated heterocycles. The number of aromatic nitrogens is 6. The molecule has 2 aliphatic rings. The van der Waals surface area contributed by atoms with Crippen LogP contribution in [0.3, 0.4) is 0 Å². The molecule has 1 aromatic carbocycles. The van der Waals surface area contributed by atoms with Crippen LogP contribution in [0, 0.1) is 5.82 Å². The molecule has 1 fully saturated rings. The Kier molecular flexibility index (Phi) is 3.56. The summed E-state index contributed by atoms with van der Waals surface area (Å²) in [7, 11) is 0. The van der Waals surface area contributed by atoms with Crippen molar-refractivity contribution in [1.29, 1.82) is 0 Å². The molecule has 0 spiro atoms. The Morgan fingerprint density at radius 3 is 3.07 bits per heavy atom. The Hall–Kier alpha value is -3.49. The summed E-state index contributed by atoms with van der Waals surface area (Å²) in [5.41, 5.74) is 4.03. The molecule has 0 atom stereocenters. The minimum Gasteiger partial charge on any atom is -0.493 e. The minimum absolute atomic E-state index is 0.245. The summed E-state index contributed by atoms with van der Waals surface area (Å²) in [6.45, 7) is 0.889. The molecule has 0 amide bonds. The van der Waals surface area contributed by atoms with Crippen molar-refractivity contribution in [3.63, 3.8) is 0 Å². The van der Waals surface area contributed by atoms with Crippen molar-refractivity contribution in [2.45, 2.75) is 31.8 Å². The molecule has 3 aromatic heterocycles. The van der Waals surface area contributed by atoms with E-state index in [1.54, 1.807) is 23.0 Å². The second-order valence-corrected chi connectivity index (χ2v) is 7.41. The summed E-state index contributed by atoms with van der Waals surface area (Å²) in [5, 5.41) is 16.0. The van der Waals surface area contributed by atoms with Gasteiger partial charge in [-0.3, -0.25) is 9.08 Å². The second kappa shape index (κ2) is 6.26. The van der Waals surface area contributed by atoms with Crippen LogP contribution >= 0.6 is 0 Å². The summed E-state index contributed by atoms with van der Waals surface area (Å²) in [6, 6.07) is 3.65. The molecule has 1 aliphatic carbocycles. The quantitative estimate of drug-likeness (QED) is 0.563. The maximum Gasteiger partial charge on any atom is 0.210 e. The van der Waals surface area contributed by atoms with Crippen LogP contribution in [-0.2, 0) is 13.0 Å². The lowest BCUT2D eigenvalue weighted by molar-refractivity contribution is 0.356. The van der Waals surface area contributed by atoms with Crippen LogP contribution in [0.5, 0.6) is 5.75 Å².